The minimum Gasteiger partial charge on any atom is -0.338 e. The van der Waals surface area contributed by atoms with Gasteiger partial charge < -0.3 is 10.7 Å². The van der Waals surface area contributed by atoms with Gasteiger partial charge in [-0.25, -0.2) is 15.2 Å². The fourth-order valence-electron chi connectivity index (χ4n) is 1.32. The smallest absolute Gasteiger partial charge is 0.146 e. The first-order valence-corrected chi connectivity index (χ1v) is 5.64. The Morgan fingerprint density at radius 1 is 1.18 bits per heavy atom. The van der Waals surface area contributed by atoms with Crippen LogP contribution in [0, 0.1) is 5.82 Å². The molecule has 0 fully saturated rings. The number of nitrogens with two attached hydrogens (primary N) is 1. The van der Waals surface area contributed by atoms with Crippen molar-refractivity contribution in [1.29, 1.82) is 0 Å². The van der Waals surface area contributed by atoms with Crippen LogP contribution in [0.2, 0.25) is 0 Å². The van der Waals surface area contributed by atoms with E-state index in [-0.39, 0.29) is 5.82 Å². The topological polar surface area (TPSA) is 63.0 Å². The molecule has 0 aliphatic rings. The van der Waals surface area contributed by atoms with Crippen molar-refractivity contribution >= 4 is 33.3 Å². The molecule has 0 aliphatic heterocycles. The van der Waals surface area contributed by atoms with Crippen LogP contribution in [-0.2, 0) is 0 Å². The van der Waals surface area contributed by atoms with Crippen molar-refractivity contribution in [2.24, 2.45) is 5.84 Å². The molecule has 1 aromatic carbocycles. The number of rotatable bonds is 3. The fourth-order valence-corrected chi connectivity index (χ4v) is 1.68. The van der Waals surface area contributed by atoms with Crippen LogP contribution < -0.4 is 16.6 Å². The van der Waals surface area contributed by atoms with Crippen LogP contribution in [0.15, 0.2) is 40.9 Å². The summed E-state index contributed by atoms with van der Waals surface area (Å²) in [6.45, 7) is 0. The molecular formula is C11H10BrFN4. The normalized spacial score (nSPS) is 10.1. The molecule has 0 atom stereocenters. The first kappa shape index (κ1) is 11.8. The SMILES string of the molecule is NNc1cccc(Nc2cc(Br)ccc2F)n1. The maximum atomic E-state index is 13.5. The first-order chi connectivity index (χ1) is 8.19. The number of halogens is 2. The molecule has 6 heteroatoms. The van der Waals surface area contributed by atoms with E-state index in [4.69, 9.17) is 5.84 Å². The Kier molecular flexibility index (Phi) is 3.55. The molecule has 0 bridgehead atoms. The van der Waals surface area contributed by atoms with Gasteiger partial charge in [-0.2, -0.15) is 0 Å². The number of anilines is 3. The van der Waals surface area contributed by atoms with Crippen molar-refractivity contribution in [3.8, 4) is 0 Å². The van der Waals surface area contributed by atoms with Gasteiger partial charge in [0.25, 0.3) is 0 Å². The molecule has 0 spiro atoms. The lowest BCUT2D eigenvalue weighted by Crippen LogP contribution is -2.09. The molecule has 2 aromatic rings. The Hall–Kier alpha value is -1.66. The van der Waals surface area contributed by atoms with E-state index in [0.29, 0.717) is 17.3 Å². The highest BCUT2D eigenvalue weighted by Crippen LogP contribution is 2.23. The monoisotopic (exact) mass is 296 g/mol. The minimum absolute atomic E-state index is 0.346. The second-order valence-electron chi connectivity index (χ2n) is 3.30. The summed E-state index contributed by atoms with van der Waals surface area (Å²) in [5, 5.41) is 2.88. The molecule has 17 heavy (non-hydrogen) atoms. The van der Waals surface area contributed by atoms with E-state index >= 15 is 0 Å². The number of hydrazine groups is 1. The van der Waals surface area contributed by atoms with Crippen LogP contribution >= 0.6 is 15.9 Å². The van der Waals surface area contributed by atoms with Crippen LogP contribution in [0.25, 0.3) is 0 Å². The lowest BCUT2D eigenvalue weighted by Gasteiger charge is -2.08. The Morgan fingerprint density at radius 3 is 2.71 bits per heavy atom. The summed E-state index contributed by atoms with van der Waals surface area (Å²) in [7, 11) is 0. The second-order valence-corrected chi connectivity index (χ2v) is 4.22. The fraction of sp³-hybridized carbons (Fsp3) is 0. The zero-order valence-electron chi connectivity index (χ0n) is 8.74. The summed E-state index contributed by atoms with van der Waals surface area (Å²) in [4.78, 5) is 4.13. The van der Waals surface area contributed by atoms with E-state index in [1.165, 1.54) is 6.07 Å². The first-order valence-electron chi connectivity index (χ1n) is 4.85. The van der Waals surface area contributed by atoms with Crippen molar-refractivity contribution < 1.29 is 4.39 Å². The van der Waals surface area contributed by atoms with E-state index < -0.39 is 0 Å². The molecule has 88 valence electrons. The van der Waals surface area contributed by atoms with E-state index in [9.17, 15) is 4.39 Å². The Morgan fingerprint density at radius 2 is 1.94 bits per heavy atom. The number of aromatic nitrogens is 1. The molecule has 0 saturated carbocycles. The highest BCUT2D eigenvalue weighted by molar-refractivity contribution is 9.10. The lowest BCUT2D eigenvalue weighted by molar-refractivity contribution is 0.631. The molecule has 4 nitrogen and oxygen atoms in total. The van der Waals surface area contributed by atoms with Crippen molar-refractivity contribution in [2.45, 2.75) is 0 Å². The van der Waals surface area contributed by atoms with Gasteiger partial charge in [0, 0.05) is 4.47 Å². The average Bonchev–Trinajstić information content (AvgIpc) is 2.34. The van der Waals surface area contributed by atoms with Gasteiger partial charge in [-0.3, -0.25) is 0 Å². The molecule has 0 radical (unpaired) electrons. The maximum Gasteiger partial charge on any atom is 0.146 e. The third-order valence-electron chi connectivity index (χ3n) is 2.09. The van der Waals surface area contributed by atoms with Crippen molar-refractivity contribution in [3.63, 3.8) is 0 Å². The van der Waals surface area contributed by atoms with E-state index in [2.05, 4.69) is 31.7 Å². The summed E-state index contributed by atoms with van der Waals surface area (Å²) in [5.74, 6) is 5.91. The number of pyridine rings is 1. The van der Waals surface area contributed by atoms with Crippen LogP contribution in [0.3, 0.4) is 0 Å². The van der Waals surface area contributed by atoms with Gasteiger partial charge in [0.1, 0.15) is 17.5 Å². The lowest BCUT2D eigenvalue weighted by atomic mass is 10.3. The number of hydrogen-bond acceptors (Lipinski definition) is 4. The summed E-state index contributed by atoms with van der Waals surface area (Å²) >= 11 is 3.28. The van der Waals surface area contributed by atoms with Crippen molar-refractivity contribution in [1.82, 2.24) is 4.98 Å². The standard InChI is InChI=1S/C11H10BrFN4/c12-7-4-5-8(13)9(6-7)15-10-2-1-3-11(16-10)17-14/h1-6H,14H2,(H2,15,16,17). The van der Waals surface area contributed by atoms with Gasteiger partial charge in [-0.15, -0.1) is 0 Å². The molecule has 0 amide bonds. The quantitative estimate of drug-likeness (QED) is 0.602. The third kappa shape index (κ3) is 2.92. The zero-order valence-corrected chi connectivity index (χ0v) is 10.3. The van der Waals surface area contributed by atoms with Crippen LogP contribution in [0.4, 0.5) is 21.7 Å². The molecule has 1 aromatic heterocycles. The molecule has 0 saturated heterocycles. The van der Waals surface area contributed by atoms with Gasteiger partial charge >= 0.3 is 0 Å². The summed E-state index contributed by atoms with van der Waals surface area (Å²) in [6.07, 6.45) is 0. The van der Waals surface area contributed by atoms with E-state index in [1.54, 1.807) is 30.3 Å². The van der Waals surface area contributed by atoms with Gasteiger partial charge in [-0.05, 0) is 30.3 Å². The number of nitrogens with zero attached hydrogens (tertiary/aromatic N) is 1. The summed E-state index contributed by atoms with van der Waals surface area (Å²) in [6, 6.07) is 9.84. The van der Waals surface area contributed by atoms with Crippen molar-refractivity contribution in [3.05, 3.63) is 46.7 Å². The molecule has 2 rings (SSSR count). The second kappa shape index (κ2) is 5.11. The third-order valence-corrected chi connectivity index (χ3v) is 2.58. The summed E-state index contributed by atoms with van der Waals surface area (Å²) < 4.78 is 14.3. The van der Waals surface area contributed by atoms with Gasteiger partial charge in [0.15, 0.2) is 0 Å². The maximum absolute atomic E-state index is 13.5. The number of nitrogen functional groups attached to an aromatic ring is 1. The molecular weight excluding hydrogens is 287 g/mol. The van der Waals surface area contributed by atoms with Gasteiger partial charge in [-0.1, -0.05) is 22.0 Å². The number of benzene rings is 1. The largest absolute Gasteiger partial charge is 0.338 e. The predicted molar refractivity (Wildman–Crippen MR) is 69.4 cm³/mol. The Balaban J connectivity index is 2.27. The van der Waals surface area contributed by atoms with Crippen LogP contribution in [-0.4, -0.2) is 4.98 Å². The number of nitrogens with one attached hydrogen (secondary N) is 2. The highest BCUT2D eigenvalue weighted by Gasteiger charge is 2.04. The zero-order chi connectivity index (χ0) is 12.3. The van der Waals surface area contributed by atoms with Crippen molar-refractivity contribution in [2.75, 3.05) is 10.7 Å². The van der Waals surface area contributed by atoms with Gasteiger partial charge in [0.05, 0.1) is 5.69 Å². The summed E-state index contributed by atoms with van der Waals surface area (Å²) in [5.41, 5.74) is 2.77. The Labute approximate surface area is 106 Å². The van der Waals surface area contributed by atoms with Gasteiger partial charge in [0.2, 0.25) is 0 Å². The van der Waals surface area contributed by atoms with Crippen LogP contribution in [0.5, 0.6) is 0 Å². The molecule has 4 N–H and O–H groups in total. The van der Waals surface area contributed by atoms with Crippen LogP contribution in [0.1, 0.15) is 0 Å². The molecule has 0 aliphatic carbocycles. The average molecular weight is 297 g/mol. The number of hydrogen-bond donors (Lipinski definition) is 3. The highest BCUT2D eigenvalue weighted by atomic mass is 79.9. The van der Waals surface area contributed by atoms with E-state index in [1.807, 2.05) is 0 Å². The molecule has 0 unspecified atom stereocenters. The minimum atomic E-state index is -0.346. The predicted octanol–water partition coefficient (Wildman–Crippen LogP) is 3.01. The van der Waals surface area contributed by atoms with E-state index in [0.717, 1.165) is 4.47 Å². The Bertz CT molecular complexity index is 533. The molecule has 1 heterocycles.